The van der Waals surface area contributed by atoms with Gasteiger partial charge in [0.25, 0.3) is 0 Å². The van der Waals surface area contributed by atoms with Crippen LogP contribution in [0.1, 0.15) is 24.8 Å². The second-order valence-electron chi connectivity index (χ2n) is 5.65. The Bertz CT molecular complexity index is 479. The van der Waals surface area contributed by atoms with Crippen LogP contribution in [-0.2, 0) is 11.3 Å². The lowest BCUT2D eigenvalue weighted by Crippen LogP contribution is -2.47. The van der Waals surface area contributed by atoms with Gasteiger partial charge in [-0.05, 0) is 42.7 Å². The van der Waals surface area contributed by atoms with Crippen molar-refractivity contribution in [2.45, 2.75) is 37.5 Å². The number of ether oxygens (including phenoxy) is 1. The minimum absolute atomic E-state index is 0.0982. The molecule has 1 N–H and O–H groups in total. The Balaban J connectivity index is 1.56. The average Bonchev–Trinajstić information content (AvgIpc) is 2.88. The predicted octanol–water partition coefficient (Wildman–Crippen LogP) is 3.62. The van der Waals surface area contributed by atoms with Gasteiger partial charge in [-0.2, -0.15) is 11.8 Å². The summed E-state index contributed by atoms with van der Waals surface area (Å²) < 4.78 is 19.1. The molecule has 20 heavy (non-hydrogen) atoms. The summed E-state index contributed by atoms with van der Waals surface area (Å²) in [7, 11) is 0. The fourth-order valence-electron chi connectivity index (χ4n) is 2.98. The molecule has 2 aliphatic rings. The molecular weight excluding hydrogens is 297 g/mol. The first-order valence-electron chi connectivity index (χ1n) is 7.06. The lowest BCUT2D eigenvalue weighted by atomic mass is 9.90. The molecule has 0 bridgehead atoms. The highest BCUT2D eigenvalue weighted by Crippen LogP contribution is 2.38. The molecular formula is C15H19ClFNOS. The topological polar surface area (TPSA) is 21.3 Å². The van der Waals surface area contributed by atoms with Crippen LogP contribution >= 0.6 is 23.4 Å². The highest BCUT2D eigenvalue weighted by atomic mass is 35.5. The van der Waals surface area contributed by atoms with Gasteiger partial charge in [0.05, 0.1) is 10.6 Å². The first kappa shape index (κ1) is 14.6. The van der Waals surface area contributed by atoms with Crippen LogP contribution in [0.25, 0.3) is 0 Å². The molecule has 1 spiro atoms. The van der Waals surface area contributed by atoms with Gasteiger partial charge in [0.2, 0.25) is 0 Å². The summed E-state index contributed by atoms with van der Waals surface area (Å²) in [6.07, 6.45) is 3.29. The maximum Gasteiger partial charge on any atom is 0.141 e. The van der Waals surface area contributed by atoms with Gasteiger partial charge < -0.3 is 10.1 Å². The largest absolute Gasteiger partial charge is 0.374 e. The number of nitrogens with one attached hydrogen (secondary N) is 1. The van der Waals surface area contributed by atoms with Crippen molar-refractivity contribution in [2.75, 3.05) is 18.1 Å². The lowest BCUT2D eigenvalue weighted by molar-refractivity contribution is -0.0703. The number of rotatable bonds is 3. The van der Waals surface area contributed by atoms with Gasteiger partial charge in [-0.15, -0.1) is 0 Å². The molecule has 3 rings (SSSR count). The van der Waals surface area contributed by atoms with Gasteiger partial charge in [0.1, 0.15) is 5.82 Å². The summed E-state index contributed by atoms with van der Waals surface area (Å²) >= 11 is 7.80. The van der Waals surface area contributed by atoms with Crippen molar-refractivity contribution in [3.63, 3.8) is 0 Å². The van der Waals surface area contributed by atoms with Crippen molar-refractivity contribution < 1.29 is 9.13 Å². The first-order chi connectivity index (χ1) is 9.67. The first-order valence-corrected chi connectivity index (χ1v) is 8.59. The predicted molar refractivity (Wildman–Crippen MR) is 81.9 cm³/mol. The molecule has 0 aliphatic carbocycles. The molecule has 2 nitrogen and oxygen atoms in total. The summed E-state index contributed by atoms with van der Waals surface area (Å²) in [6, 6.07) is 5.39. The van der Waals surface area contributed by atoms with Gasteiger partial charge in [-0.25, -0.2) is 4.39 Å². The maximum atomic E-state index is 13.1. The van der Waals surface area contributed by atoms with Crippen LogP contribution in [0, 0.1) is 5.82 Å². The smallest absolute Gasteiger partial charge is 0.141 e. The Morgan fingerprint density at radius 3 is 3.15 bits per heavy atom. The minimum Gasteiger partial charge on any atom is -0.374 e. The monoisotopic (exact) mass is 315 g/mol. The highest BCUT2D eigenvalue weighted by molar-refractivity contribution is 7.99. The van der Waals surface area contributed by atoms with E-state index < -0.39 is 0 Å². The van der Waals surface area contributed by atoms with Crippen molar-refractivity contribution in [2.24, 2.45) is 0 Å². The van der Waals surface area contributed by atoms with Crippen LogP contribution in [0.2, 0.25) is 5.02 Å². The molecule has 0 saturated carbocycles. The van der Waals surface area contributed by atoms with Gasteiger partial charge in [0.15, 0.2) is 0 Å². The number of benzene rings is 1. The highest BCUT2D eigenvalue weighted by Gasteiger charge is 2.40. The van der Waals surface area contributed by atoms with E-state index in [0.29, 0.717) is 6.04 Å². The molecule has 1 aromatic carbocycles. The number of thioether (sulfide) groups is 1. The fraction of sp³-hybridized carbons (Fsp3) is 0.600. The van der Waals surface area contributed by atoms with Crippen LogP contribution in [0.5, 0.6) is 0 Å². The quantitative estimate of drug-likeness (QED) is 0.920. The van der Waals surface area contributed by atoms with Crippen molar-refractivity contribution in [1.29, 1.82) is 0 Å². The normalized spacial score (nSPS) is 30.0. The van der Waals surface area contributed by atoms with Crippen molar-refractivity contribution in [3.05, 3.63) is 34.6 Å². The Morgan fingerprint density at radius 1 is 1.50 bits per heavy atom. The molecule has 2 unspecified atom stereocenters. The van der Waals surface area contributed by atoms with Crippen LogP contribution in [-0.4, -0.2) is 29.8 Å². The van der Waals surface area contributed by atoms with Crippen molar-refractivity contribution in [1.82, 2.24) is 5.32 Å². The summed E-state index contributed by atoms with van der Waals surface area (Å²) in [5.74, 6) is 1.97. The van der Waals surface area contributed by atoms with Crippen molar-refractivity contribution in [3.8, 4) is 0 Å². The van der Waals surface area contributed by atoms with Gasteiger partial charge in [0, 0.05) is 24.9 Å². The molecule has 2 fully saturated rings. The Hall–Kier alpha value is -0.290. The standard InChI is InChI=1S/C15H19ClFNOS/c16-13-7-11(1-2-14(13)17)9-18-12-3-5-19-15(8-12)4-6-20-10-15/h1-2,7,12,18H,3-6,8-10H2. The maximum absolute atomic E-state index is 13.1. The molecule has 2 aliphatic heterocycles. The third-order valence-corrected chi connectivity index (χ3v) is 5.65. The second kappa shape index (κ2) is 6.22. The van der Waals surface area contributed by atoms with Crippen molar-refractivity contribution >= 4 is 23.4 Å². The van der Waals surface area contributed by atoms with Crippen LogP contribution < -0.4 is 5.32 Å². The molecule has 2 saturated heterocycles. The summed E-state index contributed by atoms with van der Waals surface area (Å²) in [4.78, 5) is 0. The van der Waals surface area contributed by atoms with Gasteiger partial charge in [-0.1, -0.05) is 17.7 Å². The number of hydrogen-bond donors (Lipinski definition) is 1. The van der Waals surface area contributed by atoms with Gasteiger partial charge >= 0.3 is 0 Å². The van der Waals surface area contributed by atoms with E-state index in [1.165, 1.54) is 11.8 Å². The Kier molecular flexibility index (Phi) is 4.55. The zero-order valence-electron chi connectivity index (χ0n) is 11.3. The molecule has 2 heterocycles. The van der Waals surface area contributed by atoms with E-state index in [-0.39, 0.29) is 16.4 Å². The summed E-state index contributed by atoms with van der Waals surface area (Å²) in [6.45, 7) is 1.57. The van der Waals surface area contributed by atoms with Crippen LogP contribution in [0.4, 0.5) is 4.39 Å². The fourth-order valence-corrected chi connectivity index (χ4v) is 4.56. The van der Waals surface area contributed by atoms with E-state index >= 15 is 0 Å². The number of halogens is 2. The van der Waals surface area contributed by atoms with Crippen LogP contribution in [0.3, 0.4) is 0 Å². The van der Waals surface area contributed by atoms with E-state index in [1.54, 1.807) is 12.1 Å². The molecule has 110 valence electrons. The number of hydrogen-bond acceptors (Lipinski definition) is 3. The van der Waals surface area contributed by atoms with E-state index in [0.717, 1.165) is 43.7 Å². The Labute approximate surface area is 128 Å². The molecule has 0 amide bonds. The molecule has 0 radical (unpaired) electrons. The SMILES string of the molecule is Fc1ccc(CNC2CCOC3(CCSC3)C2)cc1Cl. The molecule has 1 aromatic rings. The third-order valence-electron chi connectivity index (χ3n) is 4.14. The zero-order valence-corrected chi connectivity index (χ0v) is 12.9. The summed E-state index contributed by atoms with van der Waals surface area (Å²) in [5.41, 5.74) is 1.12. The van der Waals surface area contributed by atoms with Crippen LogP contribution in [0.15, 0.2) is 18.2 Å². The van der Waals surface area contributed by atoms with E-state index in [2.05, 4.69) is 5.32 Å². The summed E-state index contributed by atoms with van der Waals surface area (Å²) in [5, 5.41) is 3.76. The van der Waals surface area contributed by atoms with Gasteiger partial charge in [-0.3, -0.25) is 0 Å². The van der Waals surface area contributed by atoms with E-state index in [9.17, 15) is 4.39 Å². The lowest BCUT2D eigenvalue weighted by Gasteiger charge is -2.38. The average molecular weight is 316 g/mol. The third kappa shape index (κ3) is 3.30. The Morgan fingerprint density at radius 2 is 2.40 bits per heavy atom. The second-order valence-corrected chi connectivity index (χ2v) is 7.17. The minimum atomic E-state index is -0.358. The molecule has 0 aromatic heterocycles. The molecule has 2 atom stereocenters. The zero-order chi connectivity index (χ0) is 14.0. The van der Waals surface area contributed by atoms with E-state index in [1.807, 2.05) is 11.8 Å². The van der Waals surface area contributed by atoms with E-state index in [4.69, 9.17) is 16.3 Å². The molecule has 5 heteroatoms.